The molecule has 2 aliphatic rings. The predicted octanol–water partition coefficient (Wildman–Crippen LogP) is 2.23. The molecule has 1 saturated heterocycles. The Labute approximate surface area is 114 Å². The Morgan fingerprint density at radius 1 is 1.28 bits per heavy atom. The molecule has 18 heavy (non-hydrogen) atoms. The first kappa shape index (κ1) is 14.5. The van der Waals surface area contributed by atoms with Gasteiger partial charge in [0.2, 0.25) is 0 Å². The molecule has 2 fully saturated rings. The van der Waals surface area contributed by atoms with Crippen molar-refractivity contribution in [2.45, 2.75) is 63.6 Å². The zero-order chi connectivity index (χ0) is 12.8. The van der Waals surface area contributed by atoms with Gasteiger partial charge in [-0.1, -0.05) is 26.2 Å². The van der Waals surface area contributed by atoms with E-state index < -0.39 is 10.8 Å². The Hall–Kier alpha value is 0.0700. The maximum absolute atomic E-state index is 11.3. The van der Waals surface area contributed by atoms with Crippen molar-refractivity contribution in [3.05, 3.63) is 0 Å². The molecule has 1 aliphatic carbocycles. The van der Waals surface area contributed by atoms with Gasteiger partial charge >= 0.3 is 0 Å². The maximum atomic E-state index is 11.3. The van der Waals surface area contributed by atoms with Crippen LogP contribution in [0.2, 0.25) is 0 Å². The van der Waals surface area contributed by atoms with Gasteiger partial charge in [-0.05, 0) is 25.7 Å². The molecule has 106 valence electrons. The number of hydrogen-bond donors (Lipinski definition) is 1. The Kier molecular flexibility index (Phi) is 5.64. The van der Waals surface area contributed by atoms with Gasteiger partial charge in [-0.2, -0.15) is 0 Å². The van der Waals surface area contributed by atoms with Crippen LogP contribution in [0.1, 0.15) is 51.9 Å². The lowest BCUT2D eigenvalue weighted by Crippen LogP contribution is -2.35. The zero-order valence-electron chi connectivity index (χ0n) is 11.6. The van der Waals surface area contributed by atoms with Crippen LogP contribution in [-0.4, -0.2) is 40.5 Å². The summed E-state index contributed by atoms with van der Waals surface area (Å²) in [4.78, 5) is 0. The van der Waals surface area contributed by atoms with Gasteiger partial charge in [-0.3, -0.25) is 4.21 Å². The van der Waals surface area contributed by atoms with Crippen molar-refractivity contribution in [2.75, 3.05) is 24.6 Å². The van der Waals surface area contributed by atoms with E-state index >= 15 is 0 Å². The fourth-order valence-corrected chi connectivity index (χ4v) is 3.86. The second kappa shape index (κ2) is 7.01. The molecule has 2 atom stereocenters. The molecule has 0 aromatic rings. The largest absolute Gasteiger partial charge is 0.370 e. The fourth-order valence-electron chi connectivity index (χ4n) is 3.20. The van der Waals surface area contributed by atoms with Crippen LogP contribution in [0.5, 0.6) is 0 Å². The van der Waals surface area contributed by atoms with Crippen molar-refractivity contribution in [3.8, 4) is 0 Å². The summed E-state index contributed by atoms with van der Waals surface area (Å²) in [6.07, 6.45) is 9.44. The van der Waals surface area contributed by atoms with E-state index in [-0.39, 0.29) is 5.60 Å². The van der Waals surface area contributed by atoms with Crippen LogP contribution < -0.4 is 5.32 Å². The molecule has 1 saturated carbocycles. The van der Waals surface area contributed by atoms with Crippen LogP contribution in [0.4, 0.5) is 0 Å². The summed E-state index contributed by atoms with van der Waals surface area (Å²) in [7, 11) is -0.644. The number of ether oxygens (including phenoxy) is 1. The minimum atomic E-state index is -0.644. The Balaban J connectivity index is 1.62. The first-order chi connectivity index (χ1) is 8.74. The zero-order valence-corrected chi connectivity index (χ0v) is 12.4. The van der Waals surface area contributed by atoms with E-state index in [0.29, 0.717) is 6.10 Å². The fraction of sp³-hybridized carbons (Fsp3) is 1.00. The molecule has 4 heteroatoms. The summed E-state index contributed by atoms with van der Waals surface area (Å²) in [6.45, 7) is 3.76. The van der Waals surface area contributed by atoms with Crippen LogP contribution >= 0.6 is 0 Å². The van der Waals surface area contributed by atoms with Crippen molar-refractivity contribution in [1.29, 1.82) is 0 Å². The highest BCUT2D eigenvalue weighted by atomic mass is 32.2. The van der Waals surface area contributed by atoms with Gasteiger partial charge in [-0.25, -0.2) is 0 Å². The summed E-state index contributed by atoms with van der Waals surface area (Å²) in [5.41, 5.74) is 0.233. The minimum absolute atomic E-state index is 0.233. The molecule has 1 aliphatic heterocycles. The third-order valence-corrected chi connectivity index (χ3v) is 5.61. The van der Waals surface area contributed by atoms with Gasteiger partial charge < -0.3 is 10.1 Å². The summed E-state index contributed by atoms with van der Waals surface area (Å²) >= 11 is 0. The second-order valence-corrected chi connectivity index (χ2v) is 7.52. The normalized spacial score (nSPS) is 28.6. The van der Waals surface area contributed by atoms with Gasteiger partial charge in [0.15, 0.2) is 0 Å². The topological polar surface area (TPSA) is 38.3 Å². The highest BCUT2D eigenvalue weighted by molar-refractivity contribution is 7.84. The molecule has 2 unspecified atom stereocenters. The number of nitrogens with one attached hydrogen (secondary N) is 1. The molecule has 0 aromatic heterocycles. The van der Waals surface area contributed by atoms with E-state index in [1.807, 2.05) is 6.92 Å². The first-order valence-electron chi connectivity index (χ1n) is 7.48. The molecule has 0 bridgehead atoms. The molecule has 2 rings (SSSR count). The number of hydrogen-bond acceptors (Lipinski definition) is 3. The van der Waals surface area contributed by atoms with Crippen LogP contribution in [0, 0.1) is 0 Å². The molecular formula is C14H27NO2S. The van der Waals surface area contributed by atoms with Gasteiger partial charge in [0.1, 0.15) is 0 Å². The van der Waals surface area contributed by atoms with E-state index in [1.165, 1.54) is 44.9 Å². The van der Waals surface area contributed by atoms with E-state index in [2.05, 4.69) is 5.32 Å². The third kappa shape index (κ3) is 4.04. The van der Waals surface area contributed by atoms with E-state index in [1.54, 1.807) is 0 Å². The summed E-state index contributed by atoms with van der Waals surface area (Å²) < 4.78 is 17.6. The minimum Gasteiger partial charge on any atom is -0.370 e. The molecular weight excluding hydrogens is 246 g/mol. The van der Waals surface area contributed by atoms with Crippen molar-refractivity contribution in [2.24, 2.45) is 0 Å². The van der Waals surface area contributed by atoms with Crippen molar-refractivity contribution in [3.63, 3.8) is 0 Å². The average Bonchev–Trinajstić information content (AvgIpc) is 2.78. The van der Waals surface area contributed by atoms with Gasteiger partial charge in [0, 0.05) is 35.4 Å². The molecule has 1 N–H and O–H groups in total. The van der Waals surface area contributed by atoms with E-state index in [9.17, 15) is 4.21 Å². The molecule has 3 nitrogen and oxygen atoms in total. The van der Waals surface area contributed by atoms with Gasteiger partial charge in [0.25, 0.3) is 0 Å². The van der Waals surface area contributed by atoms with E-state index in [4.69, 9.17) is 4.74 Å². The monoisotopic (exact) mass is 273 g/mol. The predicted molar refractivity (Wildman–Crippen MR) is 76.3 cm³/mol. The highest BCUT2D eigenvalue weighted by Crippen LogP contribution is 2.41. The Bertz CT molecular complexity index is 277. The molecule has 0 radical (unpaired) electrons. The van der Waals surface area contributed by atoms with Crippen LogP contribution in [-0.2, 0) is 15.5 Å². The Morgan fingerprint density at radius 2 is 2.06 bits per heavy atom. The van der Waals surface area contributed by atoms with Crippen LogP contribution in [0.25, 0.3) is 0 Å². The standard InChI is InChI=1S/C14H27NO2S/c1-2-18(16)11-10-15-12-13-6-9-14(17-13)7-4-3-5-8-14/h13,15H,2-12H2,1H3. The molecule has 1 heterocycles. The van der Waals surface area contributed by atoms with Crippen molar-refractivity contribution in [1.82, 2.24) is 5.32 Å². The maximum Gasteiger partial charge on any atom is 0.0708 e. The number of rotatable bonds is 6. The summed E-state index contributed by atoms with van der Waals surface area (Å²) in [6, 6.07) is 0. The van der Waals surface area contributed by atoms with Crippen LogP contribution in [0.3, 0.4) is 0 Å². The lowest BCUT2D eigenvalue weighted by molar-refractivity contribution is -0.0622. The Morgan fingerprint density at radius 3 is 2.78 bits per heavy atom. The molecule has 1 spiro atoms. The molecule has 0 aromatic carbocycles. The molecule has 0 amide bonds. The van der Waals surface area contributed by atoms with Crippen LogP contribution in [0.15, 0.2) is 0 Å². The van der Waals surface area contributed by atoms with Crippen molar-refractivity contribution >= 4 is 10.8 Å². The van der Waals surface area contributed by atoms with Gasteiger partial charge in [-0.15, -0.1) is 0 Å². The second-order valence-electron chi connectivity index (χ2n) is 5.66. The lowest BCUT2D eigenvalue weighted by atomic mass is 9.83. The first-order valence-corrected chi connectivity index (χ1v) is 8.96. The smallest absolute Gasteiger partial charge is 0.0708 e. The SMILES string of the molecule is CCS(=O)CCNCC1CCC2(CCCCC2)O1. The highest BCUT2D eigenvalue weighted by Gasteiger charge is 2.40. The van der Waals surface area contributed by atoms with E-state index in [0.717, 1.165) is 24.6 Å². The van der Waals surface area contributed by atoms with Crippen molar-refractivity contribution < 1.29 is 8.95 Å². The summed E-state index contributed by atoms with van der Waals surface area (Å²) in [5, 5.41) is 3.40. The lowest BCUT2D eigenvalue weighted by Gasteiger charge is -2.33. The third-order valence-electron chi connectivity index (χ3n) is 4.30. The average molecular weight is 273 g/mol. The van der Waals surface area contributed by atoms with Gasteiger partial charge in [0.05, 0.1) is 11.7 Å². The quantitative estimate of drug-likeness (QED) is 0.754. The summed E-state index contributed by atoms with van der Waals surface area (Å²) in [5.74, 6) is 1.54.